The highest BCUT2D eigenvalue weighted by molar-refractivity contribution is 9.10. The Balaban J connectivity index is 2.61. The summed E-state index contributed by atoms with van der Waals surface area (Å²) < 4.78 is 29.1. The minimum atomic E-state index is -0.389. The highest BCUT2D eigenvalue weighted by Crippen LogP contribution is 2.26. The molecule has 0 bridgehead atoms. The SMILES string of the molecule is COc1cc(CNCC(OC)OC)c(Br)cc1F. The number of nitrogens with one attached hydrogen (secondary N) is 1. The summed E-state index contributed by atoms with van der Waals surface area (Å²) in [5, 5.41) is 3.16. The third kappa shape index (κ3) is 4.20. The third-order valence-electron chi connectivity index (χ3n) is 2.47. The van der Waals surface area contributed by atoms with Crippen LogP contribution in [0.1, 0.15) is 5.56 Å². The van der Waals surface area contributed by atoms with Gasteiger partial charge in [-0.25, -0.2) is 4.39 Å². The van der Waals surface area contributed by atoms with Crippen LogP contribution in [0.4, 0.5) is 4.39 Å². The molecular formula is C12H17BrFNO3. The molecule has 0 atom stereocenters. The molecule has 0 spiro atoms. The molecule has 0 aliphatic carbocycles. The first-order chi connectivity index (χ1) is 8.62. The molecule has 1 aromatic rings. The van der Waals surface area contributed by atoms with Crippen LogP contribution in [0, 0.1) is 5.82 Å². The maximum absolute atomic E-state index is 13.4. The minimum absolute atomic E-state index is 0.227. The normalized spacial score (nSPS) is 11.0. The number of rotatable bonds is 7. The van der Waals surface area contributed by atoms with Gasteiger partial charge in [0, 0.05) is 31.8 Å². The smallest absolute Gasteiger partial charge is 0.169 e. The summed E-state index contributed by atoms with van der Waals surface area (Å²) in [6, 6.07) is 3.04. The minimum Gasteiger partial charge on any atom is -0.494 e. The number of methoxy groups -OCH3 is 3. The molecule has 1 N–H and O–H groups in total. The maximum atomic E-state index is 13.4. The molecule has 0 unspecified atom stereocenters. The van der Waals surface area contributed by atoms with Crippen molar-refractivity contribution < 1.29 is 18.6 Å². The van der Waals surface area contributed by atoms with E-state index in [1.165, 1.54) is 13.2 Å². The quantitative estimate of drug-likeness (QED) is 0.782. The van der Waals surface area contributed by atoms with Crippen LogP contribution in [0.5, 0.6) is 5.75 Å². The largest absolute Gasteiger partial charge is 0.494 e. The Morgan fingerprint density at radius 2 is 1.94 bits per heavy atom. The average Bonchev–Trinajstić information content (AvgIpc) is 2.37. The first-order valence-electron chi connectivity index (χ1n) is 5.40. The molecule has 0 radical (unpaired) electrons. The van der Waals surface area contributed by atoms with Gasteiger partial charge in [-0.2, -0.15) is 0 Å². The zero-order valence-electron chi connectivity index (χ0n) is 10.6. The summed E-state index contributed by atoms with van der Waals surface area (Å²) in [6.07, 6.45) is -0.300. The summed E-state index contributed by atoms with van der Waals surface area (Å²) in [7, 11) is 4.59. The van der Waals surface area contributed by atoms with E-state index in [0.717, 1.165) is 5.56 Å². The zero-order valence-corrected chi connectivity index (χ0v) is 12.2. The first kappa shape index (κ1) is 15.4. The van der Waals surface area contributed by atoms with Crippen molar-refractivity contribution in [3.63, 3.8) is 0 Å². The van der Waals surface area contributed by atoms with Crippen LogP contribution >= 0.6 is 15.9 Å². The van der Waals surface area contributed by atoms with Crippen molar-refractivity contribution in [2.24, 2.45) is 0 Å². The lowest BCUT2D eigenvalue weighted by atomic mass is 10.2. The van der Waals surface area contributed by atoms with E-state index in [4.69, 9.17) is 14.2 Å². The van der Waals surface area contributed by atoms with Crippen LogP contribution in [-0.2, 0) is 16.0 Å². The van der Waals surface area contributed by atoms with E-state index < -0.39 is 0 Å². The summed E-state index contributed by atoms with van der Waals surface area (Å²) in [6.45, 7) is 1.10. The Hall–Kier alpha value is -0.690. The molecule has 0 amide bonds. The van der Waals surface area contributed by atoms with Crippen molar-refractivity contribution in [3.8, 4) is 5.75 Å². The third-order valence-corrected chi connectivity index (χ3v) is 3.21. The summed E-state index contributed by atoms with van der Waals surface area (Å²) in [5.74, 6) is -0.162. The van der Waals surface area contributed by atoms with Gasteiger partial charge in [0.2, 0.25) is 0 Å². The van der Waals surface area contributed by atoms with E-state index in [1.807, 2.05) is 0 Å². The Morgan fingerprint density at radius 1 is 1.28 bits per heavy atom. The summed E-state index contributed by atoms with van der Waals surface area (Å²) in [4.78, 5) is 0. The van der Waals surface area contributed by atoms with E-state index in [0.29, 0.717) is 17.6 Å². The average molecular weight is 322 g/mol. The van der Waals surface area contributed by atoms with Crippen molar-refractivity contribution in [3.05, 3.63) is 28.0 Å². The Kier molecular flexibility index (Phi) is 6.56. The molecule has 0 fully saturated rings. The molecule has 0 aromatic heterocycles. The number of hydrogen-bond donors (Lipinski definition) is 1. The molecule has 1 rings (SSSR count). The fourth-order valence-electron chi connectivity index (χ4n) is 1.45. The fraction of sp³-hybridized carbons (Fsp3) is 0.500. The maximum Gasteiger partial charge on any atom is 0.169 e. The van der Waals surface area contributed by atoms with Gasteiger partial charge in [0.25, 0.3) is 0 Å². The van der Waals surface area contributed by atoms with Gasteiger partial charge in [0.05, 0.1) is 7.11 Å². The second-order valence-corrected chi connectivity index (χ2v) is 4.46. The highest BCUT2D eigenvalue weighted by atomic mass is 79.9. The van der Waals surface area contributed by atoms with E-state index in [9.17, 15) is 4.39 Å². The first-order valence-corrected chi connectivity index (χ1v) is 6.19. The molecule has 1 aromatic carbocycles. The van der Waals surface area contributed by atoms with Crippen molar-refractivity contribution in [1.82, 2.24) is 5.32 Å². The van der Waals surface area contributed by atoms with Gasteiger partial charge < -0.3 is 19.5 Å². The second kappa shape index (κ2) is 7.68. The van der Waals surface area contributed by atoms with Gasteiger partial charge in [-0.1, -0.05) is 15.9 Å². The van der Waals surface area contributed by atoms with Crippen molar-refractivity contribution in [2.75, 3.05) is 27.9 Å². The Morgan fingerprint density at radius 3 is 2.50 bits per heavy atom. The topological polar surface area (TPSA) is 39.7 Å². The van der Waals surface area contributed by atoms with Crippen molar-refractivity contribution in [1.29, 1.82) is 0 Å². The van der Waals surface area contributed by atoms with Crippen LogP contribution in [0.15, 0.2) is 16.6 Å². The molecule has 0 aliphatic heterocycles. The Bertz CT molecular complexity index is 386. The van der Waals surface area contributed by atoms with Gasteiger partial charge in [0.1, 0.15) is 0 Å². The van der Waals surface area contributed by atoms with Crippen LogP contribution in [0.25, 0.3) is 0 Å². The standard InChI is InChI=1S/C12H17BrFNO3/c1-16-11-4-8(9(13)5-10(11)14)6-15-7-12(17-2)18-3/h4-5,12,15H,6-7H2,1-3H3. The molecule has 18 heavy (non-hydrogen) atoms. The van der Waals surface area contributed by atoms with Gasteiger partial charge >= 0.3 is 0 Å². The molecular weight excluding hydrogens is 305 g/mol. The number of hydrogen-bond acceptors (Lipinski definition) is 4. The van der Waals surface area contributed by atoms with E-state index in [-0.39, 0.29) is 17.9 Å². The summed E-state index contributed by atoms with van der Waals surface area (Å²) >= 11 is 3.31. The number of halogens is 2. The number of benzene rings is 1. The second-order valence-electron chi connectivity index (χ2n) is 3.61. The van der Waals surface area contributed by atoms with Crippen LogP contribution in [0.3, 0.4) is 0 Å². The van der Waals surface area contributed by atoms with Gasteiger partial charge in [0.15, 0.2) is 17.9 Å². The molecule has 0 saturated carbocycles. The van der Waals surface area contributed by atoms with Gasteiger partial charge in [-0.3, -0.25) is 0 Å². The number of ether oxygens (including phenoxy) is 3. The Labute approximate surface area is 115 Å². The highest BCUT2D eigenvalue weighted by Gasteiger charge is 2.09. The van der Waals surface area contributed by atoms with E-state index in [1.54, 1.807) is 20.3 Å². The van der Waals surface area contributed by atoms with Crippen LogP contribution in [-0.4, -0.2) is 34.2 Å². The summed E-state index contributed by atoms with van der Waals surface area (Å²) in [5.41, 5.74) is 0.902. The van der Waals surface area contributed by atoms with Crippen molar-refractivity contribution in [2.45, 2.75) is 12.8 Å². The molecule has 6 heteroatoms. The molecule has 4 nitrogen and oxygen atoms in total. The molecule has 0 aliphatic rings. The lowest BCUT2D eigenvalue weighted by Crippen LogP contribution is -2.29. The fourth-order valence-corrected chi connectivity index (χ4v) is 1.91. The monoisotopic (exact) mass is 321 g/mol. The molecule has 102 valence electrons. The molecule has 0 heterocycles. The van der Waals surface area contributed by atoms with Crippen molar-refractivity contribution >= 4 is 15.9 Å². The van der Waals surface area contributed by atoms with E-state index in [2.05, 4.69) is 21.2 Å². The van der Waals surface area contributed by atoms with Gasteiger partial charge in [-0.05, 0) is 17.7 Å². The van der Waals surface area contributed by atoms with Crippen LogP contribution in [0.2, 0.25) is 0 Å². The lowest BCUT2D eigenvalue weighted by Gasteiger charge is -2.15. The van der Waals surface area contributed by atoms with Crippen LogP contribution < -0.4 is 10.1 Å². The zero-order chi connectivity index (χ0) is 13.5. The molecule has 0 saturated heterocycles. The van der Waals surface area contributed by atoms with E-state index >= 15 is 0 Å². The predicted octanol–water partition coefficient (Wildman–Crippen LogP) is 2.31. The van der Waals surface area contributed by atoms with Gasteiger partial charge in [-0.15, -0.1) is 0 Å². The lowest BCUT2D eigenvalue weighted by molar-refractivity contribution is -0.0989. The predicted molar refractivity (Wildman–Crippen MR) is 70.2 cm³/mol.